The Bertz CT molecular complexity index is 589. The lowest BCUT2D eigenvalue weighted by Crippen LogP contribution is -2.48. The Morgan fingerprint density at radius 1 is 0.828 bits per heavy atom. The van der Waals surface area contributed by atoms with Gasteiger partial charge in [0, 0.05) is 19.4 Å². The van der Waals surface area contributed by atoms with Crippen molar-refractivity contribution in [2.75, 3.05) is 6.54 Å². The maximum absolute atomic E-state index is 12.1. The van der Waals surface area contributed by atoms with Gasteiger partial charge in [0.2, 0.25) is 11.8 Å². The summed E-state index contributed by atoms with van der Waals surface area (Å²) in [4.78, 5) is 56.1. The van der Waals surface area contributed by atoms with Crippen LogP contribution in [0.1, 0.15) is 44.9 Å². The Balaban J connectivity index is 4.29. The lowest BCUT2D eigenvalue weighted by Gasteiger charge is -2.19. The summed E-state index contributed by atoms with van der Waals surface area (Å²) in [6.07, 6.45) is 0.350. The minimum Gasteiger partial charge on any atom is -0.481 e. The normalized spacial score (nSPS) is 13.7. The van der Waals surface area contributed by atoms with Crippen LogP contribution in [0, 0.1) is 0 Å². The molecule has 0 bridgehead atoms. The van der Waals surface area contributed by atoms with Crippen molar-refractivity contribution in [2.24, 2.45) is 5.73 Å². The zero-order chi connectivity index (χ0) is 22.4. The molecule has 8 N–H and O–H groups in total. The van der Waals surface area contributed by atoms with Gasteiger partial charge in [0.1, 0.15) is 6.04 Å². The first kappa shape index (κ1) is 26.6. The number of unbranched alkanes of at least 4 members (excludes halogenated alkanes) is 1. The fourth-order valence-electron chi connectivity index (χ4n) is 2.28. The number of amides is 2. The molecule has 0 saturated carbocycles. The van der Waals surface area contributed by atoms with E-state index in [2.05, 4.69) is 28.2 Å². The van der Waals surface area contributed by atoms with Gasteiger partial charge in [0.15, 0.2) is 0 Å². The van der Waals surface area contributed by atoms with Crippen LogP contribution in [-0.4, -0.2) is 69.7 Å². The first-order chi connectivity index (χ1) is 13.6. The van der Waals surface area contributed by atoms with Gasteiger partial charge in [0.25, 0.3) is 0 Å². The summed E-state index contributed by atoms with van der Waals surface area (Å²) in [6.45, 7) is 0.222. The molecule has 12 nitrogen and oxygen atoms in total. The molecule has 2 amide bonds. The van der Waals surface area contributed by atoms with Crippen molar-refractivity contribution < 1.29 is 39.3 Å². The highest BCUT2D eigenvalue weighted by molar-refractivity contribution is 7.78. The fraction of sp³-hybridized carbons (Fsp3) is 0.688. The van der Waals surface area contributed by atoms with Gasteiger partial charge in [-0.2, -0.15) is 0 Å². The molecule has 0 fully saturated rings. The lowest BCUT2D eigenvalue weighted by molar-refractivity contribution is -0.142. The highest BCUT2D eigenvalue weighted by atomic mass is 32.1. The second-order valence-electron chi connectivity index (χ2n) is 6.34. The van der Waals surface area contributed by atoms with Crippen molar-refractivity contribution >= 4 is 42.5 Å². The maximum atomic E-state index is 12.1. The van der Waals surface area contributed by atoms with Gasteiger partial charge in [-0.25, -0.2) is 4.79 Å². The second-order valence-corrected chi connectivity index (χ2v) is 6.60. The van der Waals surface area contributed by atoms with Crippen molar-refractivity contribution in [1.29, 1.82) is 0 Å². The molecule has 0 spiro atoms. The average molecular weight is 436 g/mol. The van der Waals surface area contributed by atoms with E-state index in [4.69, 9.17) is 15.9 Å². The van der Waals surface area contributed by atoms with Crippen LogP contribution < -0.4 is 21.1 Å². The Morgan fingerprint density at radius 3 is 1.93 bits per heavy atom. The summed E-state index contributed by atoms with van der Waals surface area (Å²) >= 11 is 3.76. The van der Waals surface area contributed by atoms with Crippen LogP contribution in [0.15, 0.2) is 0 Å². The Morgan fingerprint density at radius 2 is 1.41 bits per heavy atom. The number of carboxylic acid groups (broad SMARTS) is 3. The number of rotatable bonds is 16. The summed E-state index contributed by atoms with van der Waals surface area (Å²) in [5, 5.41) is 31.3. The SMILES string of the molecule is N[C@@H](CCC(=O)O)C(=O)NCCCCC(NC(=O)[C@H](CCC(=O)O)NS)C(=O)O. The van der Waals surface area contributed by atoms with Gasteiger partial charge in [-0.3, -0.25) is 23.9 Å². The number of carboxylic acids is 3. The van der Waals surface area contributed by atoms with E-state index in [1.165, 1.54) is 0 Å². The molecule has 0 heterocycles. The predicted molar refractivity (Wildman–Crippen MR) is 104 cm³/mol. The van der Waals surface area contributed by atoms with Crippen molar-refractivity contribution in [1.82, 2.24) is 15.4 Å². The van der Waals surface area contributed by atoms with E-state index in [-0.39, 0.29) is 38.6 Å². The molecule has 13 heteroatoms. The van der Waals surface area contributed by atoms with E-state index in [1.807, 2.05) is 0 Å². The molecular weight excluding hydrogens is 408 g/mol. The van der Waals surface area contributed by atoms with Crippen molar-refractivity contribution in [3.05, 3.63) is 0 Å². The Hall–Kier alpha value is -2.38. The number of aliphatic carboxylic acids is 3. The molecule has 0 rings (SSSR count). The summed E-state index contributed by atoms with van der Waals surface area (Å²) in [5.41, 5.74) is 5.56. The number of nitrogens with one attached hydrogen (secondary N) is 3. The summed E-state index contributed by atoms with van der Waals surface area (Å²) in [7, 11) is 0. The second kappa shape index (κ2) is 14.6. The number of hydrogen-bond donors (Lipinski definition) is 8. The van der Waals surface area contributed by atoms with Crippen LogP contribution in [0.3, 0.4) is 0 Å². The molecule has 0 aliphatic heterocycles. The van der Waals surface area contributed by atoms with E-state index < -0.39 is 47.8 Å². The van der Waals surface area contributed by atoms with Crippen LogP contribution in [0.4, 0.5) is 0 Å². The number of thiol groups is 1. The predicted octanol–water partition coefficient (Wildman–Crippen LogP) is -1.30. The molecule has 0 saturated heterocycles. The number of hydrogen-bond acceptors (Lipinski definition) is 8. The first-order valence-corrected chi connectivity index (χ1v) is 9.42. The summed E-state index contributed by atoms with van der Waals surface area (Å²) in [5.74, 6) is -4.55. The Labute approximate surface area is 173 Å². The summed E-state index contributed by atoms with van der Waals surface area (Å²) < 4.78 is 2.35. The van der Waals surface area contributed by atoms with Crippen LogP contribution in [0.5, 0.6) is 0 Å². The smallest absolute Gasteiger partial charge is 0.326 e. The number of nitrogens with two attached hydrogens (primary N) is 1. The van der Waals surface area contributed by atoms with E-state index in [9.17, 15) is 29.1 Å². The third-order valence-corrected chi connectivity index (χ3v) is 4.27. The van der Waals surface area contributed by atoms with Gasteiger partial charge in [-0.15, -0.1) is 0 Å². The molecule has 166 valence electrons. The summed E-state index contributed by atoms with van der Waals surface area (Å²) in [6, 6.07) is -3.07. The van der Waals surface area contributed by atoms with E-state index in [0.717, 1.165) is 0 Å². The quantitative estimate of drug-likeness (QED) is 0.106. The molecular formula is C16H28N4O8S. The molecule has 29 heavy (non-hydrogen) atoms. The van der Waals surface area contributed by atoms with Crippen LogP contribution >= 0.6 is 12.8 Å². The molecule has 0 radical (unpaired) electrons. The van der Waals surface area contributed by atoms with E-state index >= 15 is 0 Å². The number of carbonyl (C=O) groups excluding carboxylic acids is 2. The van der Waals surface area contributed by atoms with Crippen LogP contribution in [0.25, 0.3) is 0 Å². The average Bonchev–Trinajstić information content (AvgIpc) is 2.64. The molecule has 0 aromatic heterocycles. The first-order valence-electron chi connectivity index (χ1n) is 8.98. The molecule has 3 atom stereocenters. The van der Waals surface area contributed by atoms with E-state index in [1.54, 1.807) is 0 Å². The molecule has 0 aliphatic carbocycles. The lowest BCUT2D eigenvalue weighted by atomic mass is 10.1. The Kier molecular flexibility index (Phi) is 13.4. The largest absolute Gasteiger partial charge is 0.481 e. The monoisotopic (exact) mass is 436 g/mol. The molecule has 0 aliphatic rings. The van der Waals surface area contributed by atoms with Gasteiger partial charge < -0.3 is 31.7 Å². The zero-order valence-electron chi connectivity index (χ0n) is 15.8. The highest BCUT2D eigenvalue weighted by Gasteiger charge is 2.25. The van der Waals surface area contributed by atoms with Crippen LogP contribution in [0.2, 0.25) is 0 Å². The zero-order valence-corrected chi connectivity index (χ0v) is 16.7. The van der Waals surface area contributed by atoms with Gasteiger partial charge in [0.05, 0.1) is 12.1 Å². The molecule has 0 aromatic carbocycles. The van der Waals surface area contributed by atoms with Crippen LogP contribution in [-0.2, 0) is 24.0 Å². The number of carbonyl (C=O) groups is 5. The molecule has 0 aromatic rings. The van der Waals surface area contributed by atoms with Crippen molar-refractivity contribution in [3.8, 4) is 0 Å². The highest BCUT2D eigenvalue weighted by Crippen LogP contribution is 2.05. The topological polar surface area (TPSA) is 208 Å². The van der Waals surface area contributed by atoms with Gasteiger partial charge >= 0.3 is 17.9 Å². The third-order valence-electron chi connectivity index (χ3n) is 3.96. The van der Waals surface area contributed by atoms with Gasteiger partial charge in [-0.1, -0.05) is 12.8 Å². The van der Waals surface area contributed by atoms with Crippen molar-refractivity contribution in [3.63, 3.8) is 0 Å². The van der Waals surface area contributed by atoms with Crippen molar-refractivity contribution in [2.45, 2.75) is 63.1 Å². The minimum absolute atomic E-state index is 0.0104. The minimum atomic E-state index is -1.24. The maximum Gasteiger partial charge on any atom is 0.326 e. The molecule has 1 unspecified atom stereocenters. The van der Waals surface area contributed by atoms with E-state index in [0.29, 0.717) is 12.8 Å². The van der Waals surface area contributed by atoms with Gasteiger partial charge in [-0.05, 0) is 32.1 Å². The fourth-order valence-corrected chi connectivity index (χ4v) is 2.52. The third kappa shape index (κ3) is 12.6. The standard InChI is InChI=1S/C16H28N4O8S/c17-9(4-6-12(21)22)14(25)18-8-2-1-3-11(16(27)28)19-15(26)10(20-29)5-7-13(23)24/h9-11,20,29H,1-8,17H2,(H,18,25)(H,19,26)(H,21,22)(H,23,24)(H,27,28)/t9-,10-,11?/m0/s1.